The minimum Gasteiger partial charge on any atom is -0.493 e. The van der Waals surface area contributed by atoms with Crippen LogP contribution in [0.4, 0.5) is 0 Å². The van der Waals surface area contributed by atoms with E-state index in [0.717, 1.165) is 17.4 Å². The lowest BCUT2D eigenvalue weighted by molar-refractivity contribution is -0.130. The van der Waals surface area contributed by atoms with Gasteiger partial charge in [-0.15, -0.1) is 0 Å². The SMILES string of the molecule is COc1ccc(CC(=O)N2CCCN(C(=O)c3ccc4cccnc4n3)CC2)cc1OC. The largest absolute Gasteiger partial charge is 0.493 e. The summed E-state index contributed by atoms with van der Waals surface area (Å²) in [6.07, 6.45) is 2.65. The van der Waals surface area contributed by atoms with Crippen LogP contribution in [0.3, 0.4) is 0 Å². The van der Waals surface area contributed by atoms with Gasteiger partial charge in [0.2, 0.25) is 5.91 Å². The molecule has 8 nitrogen and oxygen atoms in total. The van der Waals surface area contributed by atoms with Crippen molar-refractivity contribution in [2.24, 2.45) is 0 Å². The van der Waals surface area contributed by atoms with Crippen molar-refractivity contribution in [3.63, 3.8) is 0 Å². The summed E-state index contributed by atoms with van der Waals surface area (Å²) in [6.45, 7) is 2.16. The van der Waals surface area contributed by atoms with Gasteiger partial charge in [0.25, 0.3) is 5.91 Å². The first-order valence-electron chi connectivity index (χ1n) is 10.6. The fraction of sp³-hybridized carbons (Fsp3) is 0.333. The van der Waals surface area contributed by atoms with Crippen molar-refractivity contribution < 1.29 is 19.1 Å². The zero-order valence-electron chi connectivity index (χ0n) is 18.3. The first kappa shape index (κ1) is 21.5. The first-order valence-corrected chi connectivity index (χ1v) is 10.6. The minimum absolute atomic E-state index is 0.0274. The monoisotopic (exact) mass is 434 g/mol. The maximum Gasteiger partial charge on any atom is 0.272 e. The van der Waals surface area contributed by atoms with Gasteiger partial charge in [0, 0.05) is 37.8 Å². The van der Waals surface area contributed by atoms with E-state index < -0.39 is 0 Å². The van der Waals surface area contributed by atoms with Crippen LogP contribution < -0.4 is 9.47 Å². The number of carbonyl (C=O) groups excluding carboxylic acids is 2. The molecule has 2 aromatic heterocycles. The number of pyridine rings is 2. The van der Waals surface area contributed by atoms with E-state index in [-0.39, 0.29) is 18.2 Å². The predicted octanol–water partition coefficient (Wildman–Crippen LogP) is 2.56. The topological polar surface area (TPSA) is 84.9 Å². The van der Waals surface area contributed by atoms with E-state index in [2.05, 4.69) is 9.97 Å². The van der Waals surface area contributed by atoms with Gasteiger partial charge in [-0.2, -0.15) is 0 Å². The standard InChI is InChI=1S/C24H26N4O4/c1-31-20-9-6-17(15-21(20)32-2)16-22(29)27-11-4-12-28(14-13-27)24(30)19-8-7-18-5-3-10-25-23(18)26-19/h3,5-10,15H,4,11-14,16H2,1-2H3. The molecule has 1 aliphatic heterocycles. The fourth-order valence-corrected chi connectivity index (χ4v) is 3.88. The summed E-state index contributed by atoms with van der Waals surface area (Å²) >= 11 is 0. The third-order valence-electron chi connectivity index (χ3n) is 5.62. The maximum absolute atomic E-state index is 13.0. The second-order valence-electron chi connectivity index (χ2n) is 7.64. The van der Waals surface area contributed by atoms with Gasteiger partial charge >= 0.3 is 0 Å². The second-order valence-corrected chi connectivity index (χ2v) is 7.64. The highest BCUT2D eigenvalue weighted by atomic mass is 16.5. The lowest BCUT2D eigenvalue weighted by Crippen LogP contribution is -2.38. The summed E-state index contributed by atoms with van der Waals surface area (Å²) in [5.74, 6) is 1.12. The van der Waals surface area contributed by atoms with E-state index in [0.29, 0.717) is 49.0 Å². The third-order valence-corrected chi connectivity index (χ3v) is 5.62. The van der Waals surface area contributed by atoms with Crippen LogP contribution in [0.1, 0.15) is 22.5 Å². The second kappa shape index (κ2) is 9.64. The summed E-state index contributed by atoms with van der Waals surface area (Å²) in [6, 6.07) is 12.8. The Bertz CT molecular complexity index is 1130. The molecule has 1 aliphatic rings. The molecule has 2 amide bonds. The van der Waals surface area contributed by atoms with Crippen LogP contribution in [0.5, 0.6) is 11.5 Å². The minimum atomic E-state index is -0.133. The molecular formula is C24H26N4O4. The van der Waals surface area contributed by atoms with Gasteiger partial charge in [0.1, 0.15) is 5.69 Å². The van der Waals surface area contributed by atoms with E-state index in [1.165, 1.54) is 0 Å². The molecule has 0 saturated carbocycles. The molecule has 0 radical (unpaired) electrons. The lowest BCUT2D eigenvalue weighted by Gasteiger charge is -2.22. The number of amides is 2. The Balaban J connectivity index is 1.40. The zero-order valence-corrected chi connectivity index (χ0v) is 18.3. The highest BCUT2D eigenvalue weighted by molar-refractivity contribution is 5.94. The molecule has 166 valence electrons. The first-order chi connectivity index (χ1) is 15.6. The molecule has 1 fully saturated rings. The van der Waals surface area contributed by atoms with Crippen molar-refractivity contribution in [1.82, 2.24) is 19.8 Å². The quantitative estimate of drug-likeness (QED) is 0.614. The molecule has 0 unspecified atom stereocenters. The van der Waals surface area contributed by atoms with E-state index in [4.69, 9.17) is 9.47 Å². The molecule has 3 heterocycles. The summed E-state index contributed by atoms with van der Waals surface area (Å²) in [7, 11) is 3.15. The molecule has 3 aromatic rings. The average Bonchev–Trinajstić information content (AvgIpc) is 3.09. The van der Waals surface area contributed by atoms with Gasteiger partial charge < -0.3 is 19.3 Å². The molecule has 0 atom stereocenters. The molecule has 0 N–H and O–H groups in total. The number of hydrogen-bond acceptors (Lipinski definition) is 6. The number of aromatic nitrogens is 2. The number of nitrogens with zero attached hydrogens (tertiary/aromatic N) is 4. The number of hydrogen-bond donors (Lipinski definition) is 0. The van der Waals surface area contributed by atoms with Gasteiger partial charge in [-0.3, -0.25) is 9.59 Å². The summed E-state index contributed by atoms with van der Waals surface area (Å²) in [4.78, 5) is 38.1. The summed E-state index contributed by atoms with van der Waals surface area (Å²) < 4.78 is 10.6. The van der Waals surface area contributed by atoms with E-state index in [1.54, 1.807) is 37.4 Å². The van der Waals surface area contributed by atoms with E-state index >= 15 is 0 Å². The molecule has 0 bridgehead atoms. The summed E-state index contributed by atoms with van der Waals surface area (Å²) in [5.41, 5.74) is 1.79. The van der Waals surface area contributed by atoms with Crippen LogP contribution in [-0.2, 0) is 11.2 Å². The Morgan fingerprint density at radius 3 is 2.53 bits per heavy atom. The molecule has 4 rings (SSSR count). The van der Waals surface area contributed by atoms with E-state index in [9.17, 15) is 9.59 Å². The summed E-state index contributed by atoms with van der Waals surface area (Å²) in [5, 5.41) is 0.895. The molecule has 32 heavy (non-hydrogen) atoms. The van der Waals surface area contributed by atoms with Gasteiger partial charge in [-0.05, 0) is 48.4 Å². The number of carbonyl (C=O) groups is 2. The molecular weight excluding hydrogens is 408 g/mol. The van der Waals surface area contributed by atoms with Gasteiger partial charge in [0.15, 0.2) is 17.1 Å². The molecule has 0 spiro atoms. The molecule has 8 heteroatoms. The van der Waals surface area contributed by atoms with E-state index in [1.807, 2.05) is 35.2 Å². The van der Waals surface area contributed by atoms with Crippen LogP contribution in [0.2, 0.25) is 0 Å². The van der Waals surface area contributed by atoms with Crippen molar-refractivity contribution in [3.8, 4) is 11.5 Å². The Hall–Kier alpha value is -3.68. The average molecular weight is 434 g/mol. The van der Waals surface area contributed by atoms with Crippen molar-refractivity contribution in [1.29, 1.82) is 0 Å². The third kappa shape index (κ3) is 4.64. The van der Waals surface area contributed by atoms with Crippen molar-refractivity contribution in [2.45, 2.75) is 12.8 Å². The highest BCUT2D eigenvalue weighted by Gasteiger charge is 2.24. The van der Waals surface area contributed by atoms with Gasteiger partial charge in [0.05, 0.1) is 20.6 Å². The number of methoxy groups -OCH3 is 2. The predicted molar refractivity (Wildman–Crippen MR) is 120 cm³/mol. The molecule has 1 saturated heterocycles. The Kier molecular flexibility index (Phi) is 6.49. The number of fused-ring (bicyclic) bond motifs is 1. The number of ether oxygens (including phenoxy) is 2. The maximum atomic E-state index is 13.0. The Labute approximate surface area is 186 Å². The fourth-order valence-electron chi connectivity index (χ4n) is 3.88. The molecule has 0 aliphatic carbocycles. The molecule has 1 aromatic carbocycles. The van der Waals surface area contributed by atoms with Crippen LogP contribution >= 0.6 is 0 Å². The number of benzene rings is 1. The number of rotatable bonds is 5. The highest BCUT2D eigenvalue weighted by Crippen LogP contribution is 2.28. The lowest BCUT2D eigenvalue weighted by atomic mass is 10.1. The zero-order chi connectivity index (χ0) is 22.5. The normalized spacial score (nSPS) is 14.2. The van der Waals surface area contributed by atoms with Crippen LogP contribution in [0.15, 0.2) is 48.7 Å². The van der Waals surface area contributed by atoms with Crippen molar-refractivity contribution in [3.05, 3.63) is 59.9 Å². The Morgan fingerprint density at radius 2 is 1.72 bits per heavy atom. The van der Waals surface area contributed by atoms with Gasteiger partial charge in [-0.25, -0.2) is 9.97 Å². The van der Waals surface area contributed by atoms with Crippen LogP contribution in [0, 0.1) is 0 Å². The van der Waals surface area contributed by atoms with Crippen molar-refractivity contribution >= 4 is 22.8 Å². The van der Waals surface area contributed by atoms with Crippen molar-refractivity contribution in [2.75, 3.05) is 40.4 Å². The Morgan fingerprint density at radius 1 is 0.938 bits per heavy atom. The smallest absolute Gasteiger partial charge is 0.272 e. The van der Waals surface area contributed by atoms with Crippen LogP contribution in [0.25, 0.3) is 11.0 Å². The van der Waals surface area contributed by atoms with Gasteiger partial charge in [-0.1, -0.05) is 6.07 Å². The van der Waals surface area contributed by atoms with Crippen LogP contribution in [-0.4, -0.2) is 72.0 Å².